The third-order valence-electron chi connectivity index (χ3n) is 21.7. The Morgan fingerprint density at radius 1 is 0.500 bits per heavy atom. The zero-order chi connectivity index (χ0) is 64.5. The number of piperidine rings is 4. The van der Waals surface area contributed by atoms with E-state index < -0.39 is 11.8 Å². The minimum atomic E-state index is -0.595. The van der Waals surface area contributed by atoms with Crippen molar-refractivity contribution in [2.24, 2.45) is 23.7 Å². The normalized spacial score (nSPS) is 32.2. The van der Waals surface area contributed by atoms with E-state index in [0.29, 0.717) is 61.4 Å². The molecule has 9 saturated heterocycles. The number of Topliss-reactive ketones (excluding diaryl/α,β-unsaturated/α-hetero) is 2. The molecule has 0 N–H and O–H groups in total. The van der Waals surface area contributed by atoms with E-state index in [1.165, 1.54) is 72.2 Å². The van der Waals surface area contributed by atoms with E-state index in [9.17, 15) is 38.0 Å². The first-order valence-corrected chi connectivity index (χ1v) is 34.4. The van der Waals surface area contributed by atoms with Crippen LogP contribution in [-0.4, -0.2) is 196 Å². The number of likely N-dealkylation sites (N-methyl/N-ethyl adjacent to an activating group) is 1. The number of carbonyl (C=O) groups excluding carboxylic acids is 7. The van der Waals surface area contributed by atoms with Gasteiger partial charge in [-0.25, -0.2) is 4.79 Å². The number of fused-ring (bicyclic) bond motifs is 10. The van der Waals surface area contributed by atoms with Crippen LogP contribution in [0.25, 0.3) is 0 Å². The van der Waals surface area contributed by atoms with Gasteiger partial charge in [0.25, 0.3) is 0 Å². The van der Waals surface area contributed by atoms with Gasteiger partial charge < -0.3 is 23.7 Å². The molecule has 3 aromatic carbocycles. The number of ether oxygens (including phenoxy) is 5. The molecule has 0 aliphatic carbocycles. The van der Waals surface area contributed by atoms with Gasteiger partial charge in [-0.2, -0.15) is 0 Å². The van der Waals surface area contributed by atoms with Crippen molar-refractivity contribution < 1.29 is 61.6 Å². The molecule has 9 fully saturated rings. The number of rotatable bonds is 12. The molecule has 0 saturated carbocycles. The fourth-order valence-electron chi connectivity index (χ4n) is 17.0. The molecule has 10 heterocycles. The predicted molar refractivity (Wildman–Crippen MR) is 356 cm³/mol. The second-order valence-corrected chi connectivity index (χ2v) is 28.5. The Bertz CT molecular complexity index is 3010. The Morgan fingerprint density at radius 3 is 1.56 bits per heavy atom. The molecular weight excluding hydrogens is 1370 g/mol. The predicted octanol–water partition coefficient (Wildman–Crippen LogP) is 9.74. The summed E-state index contributed by atoms with van der Waals surface area (Å²) in [6, 6.07) is 30.6. The van der Waals surface area contributed by atoms with Crippen molar-refractivity contribution in [3.63, 3.8) is 0 Å². The first-order valence-electron chi connectivity index (χ1n) is 32.3. The summed E-state index contributed by atoms with van der Waals surface area (Å²) in [5.41, 5.74) is 4.59. The fourth-order valence-corrected chi connectivity index (χ4v) is 17.8. The standard InChI is InChI=1S/C18H23FINO2.C16H20INO2.C16H19NO3.C10H15NO3.C10H15NO2/c1-23-18(22)17-15(12-3-5-13(20)6-4-12)11-14-7-8-16(17)21(14)10-2-9-19;1-18-12-7-8-14(18)15(16(19)20-2)13(9-12)10-3-5-11(17)6-4-10;1-20-16(19)15-13-8-7-12(9-14(15)18)17(13)10-11-5-3-2-4-6-11;1-11-6-3-4-7(11)9(8(12)5-6)10(13)14-2;1-11-7-3-5-8(10(12)13-2)9(11)6-4-7/h3-6,14-17H,2,7-11H2,1H3;3-6,12-15H,7-9H2,1-2H3;2-6,12-13,15H,7-10H2,1H3;6-7,9H,3-5H2,1-2H3;5,7,9H,3-4,6H2,1-2H3/i20-4;17-4;;;. The zero-order valence-electron chi connectivity index (χ0n) is 53.5. The first kappa shape index (κ1) is 69.6. The lowest BCUT2D eigenvalue weighted by Gasteiger charge is -2.43. The lowest BCUT2D eigenvalue weighted by Crippen LogP contribution is -2.51. The number of benzene rings is 3. The number of esters is 5. The van der Waals surface area contributed by atoms with Gasteiger partial charge in [0.15, 0.2) is 0 Å². The number of nitrogens with zero attached hydrogens (tertiary/aromatic N) is 5. The van der Waals surface area contributed by atoms with E-state index >= 15 is 0 Å². The number of hydrogen-bond donors (Lipinski definition) is 0. The molecule has 3 aromatic rings. The zero-order valence-corrected chi connectivity index (χ0v) is 57.8. The van der Waals surface area contributed by atoms with Crippen LogP contribution >= 0.6 is 45.2 Å². The van der Waals surface area contributed by atoms with Crippen LogP contribution in [0.5, 0.6) is 0 Å². The van der Waals surface area contributed by atoms with E-state index in [2.05, 4.69) is 149 Å². The maximum absolute atomic E-state index is 12.6. The molecule has 0 amide bonds. The Morgan fingerprint density at radius 2 is 0.978 bits per heavy atom. The highest BCUT2D eigenvalue weighted by atomic mass is 123. The first-order chi connectivity index (χ1) is 43.4. The number of carbonyl (C=O) groups is 7. The number of alkyl halides is 1. The van der Waals surface area contributed by atoms with Crippen LogP contribution in [0.4, 0.5) is 4.39 Å². The van der Waals surface area contributed by atoms with E-state index in [1.807, 2.05) is 31.3 Å². The van der Waals surface area contributed by atoms with Crippen LogP contribution in [0.3, 0.4) is 0 Å². The average molecular weight is 1460 g/mol. The summed E-state index contributed by atoms with van der Waals surface area (Å²) in [6.45, 7) is 1.26. The lowest BCUT2D eigenvalue weighted by atomic mass is 9.76. The van der Waals surface area contributed by atoms with Crippen LogP contribution in [0.15, 0.2) is 90.5 Å². The summed E-state index contributed by atoms with van der Waals surface area (Å²) in [7, 11) is 13.4. The van der Waals surface area contributed by atoms with Gasteiger partial charge in [-0.3, -0.25) is 57.7 Å². The number of hydrogen-bond acceptors (Lipinski definition) is 17. The molecule has 0 spiro atoms. The third kappa shape index (κ3) is 15.4. The van der Waals surface area contributed by atoms with Crippen LogP contribution in [0.1, 0.15) is 131 Å². The van der Waals surface area contributed by atoms with Gasteiger partial charge in [0.05, 0.1) is 59.6 Å². The highest BCUT2D eigenvalue weighted by Crippen LogP contribution is 2.49. The topological polar surface area (TPSA) is 182 Å². The summed E-state index contributed by atoms with van der Waals surface area (Å²) in [5, 5.41) is 0. The molecule has 0 radical (unpaired) electrons. The molecule has 17 nitrogen and oxygen atoms in total. The van der Waals surface area contributed by atoms with Crippen molar-refractivity contribution in [2.75, 3.05) is 69.9 Å². The minimum absolute atomic E-state index is 0.00825. The smallest absolute Gasteiger partial charge is 0.335 e. The molecule has 10 bridgehead atoms. The van der Waals surface area contributed by atoms with E-state index in [-0.39, 0.29) is 90.0 Å². The maximum Gasteiger partial charge on any atom is 0.335 e. The molecule has 10 aliphatic heterocycles. The molecule has 13 rings (SSSR count). The van der Waals surface area contributed by atoms with Gasteiger partial charge in [0.1, 0.15) is 23.4 Å². The second kappa shape index (κ2) is 31.9. The second-order valence-electron chi connectivity index (χ2n) is 26.0. The van der Waals surface area contributed by atoms with Crippen molar-refractivity contribution in [1.82, 2.24) is 24.5 Å². The van der Waals surface area contributed by atoms with Crippen molar-refractivity contribution >= 4 is 86.6 Å². The summed E-state index contributed by atoms with van der Waals surface area (Å²) < 4.78 is 39.5. The van der Waals surface area contributed by atoms with Gasteiger partial charge in [-0.15, -0.1) is 0 Å². The average Bonchev–Trinajstić information content (AvgIpc) is 1.77. The summed E-state index contributed by atoms with van der Waals surface area (Å²) in [6.07, 6.45) is 17.2. The molecule has 20 heteroatoms. The van der Waals surface area contributed by atoms with Crippen molar-refractivity contribution in [3.8, 4) is 0 Å². The van der Waals surface area contributed by atoms with Gasteiger partial charge in [0, 0.05) is 105 Å². The summed E-state index contributed by atoms with van der Waals surface area (Å²) in [5.74, 6) is -1.76. The number of ketones is 2. The highest BCUT2D eigenvalue weighted by molar-refractivity contribution is 14.1. The molecular formula is C70H92FI2N5O12. The Hall–Kier alpha value is -4.72. The van der Waals surface area contributed by atoms with E-state index in [0.717, 1.165) is 89.3 Å². The Balaban J connectivity index is 0.000000135. The third-order valence-corrected chi connectivity index (χ3v) is 23.1. The fraction of sp³-hybridized carbons (Fsp3) is 0.614. The van der Waals surface area contributed by atoms with Crippen molar-refractivity contribution in [1.29, 1.82) is 0 Å². The van der Waals surface area contributed by atoms with Crippen molar-refractivity contribution in [2.45, 2.75) is 182 Å². The van der Waals surface area contributed by atoms with E-state index in [1.54, 1.807) is 0 Å². The molecule has 16 atom stereocenters. The Kier molecular flexibility index (Phi) is 24.7. The van der Waals surface area contributed by atoms with Crippen LogP contribution in [0.2, 0.25) is 0 Å². The number of methoxy groups -OCH3 is 5. The van der Waals surface area contributed by atoms with E-state index in [4.69, 9.17) is 18.9 Å². The molecule has 0 aromatic heterocycles. The summed E-state index contributed by atoms with van der Waals surface area (Å²) >= 11 is 4.61. The van der Waals surface area contributed by atoms with Gasteiger partial charge in [-0.05, 0) is 197 Å². The highest BCUT2D eigenvalue weighted by Gasteiger charge is 2.54. The largest absolute Gasteiger partial charge is 0.469 e. The van der Waals surface area contributed by atoms with Crippen LogP contribution < -0.4 is 0 Å². The van der Waals surface area contributed by atoms with Crippen LogP contribution in [-0.2, 0) is 63.8 Å². The van der Waals surface area contributed by atoms with Gasteiger partial charge in [0.2, 0.25) is 0 Å². The minimum Gasteiger partial charge on any atom is -0.469 e. The van der Waals surface area contributed by atoms with Gasteiger partial charge in [-0.1, -0.05) is 60.7 Å². The molecule has 490 valence electrons. The molecule has 90 heavy (non-hydrogen) atoms. The number of halogens is 3. The quantitative estimate of drug-likeness (QED) is 0.0722. The molecule has 10 aliphatic rings. The SMILES string of the molecule is COC(=O)C1=CCC2CCC1N2C.COC(=O)C1C(=O)CC2CCC1N2C.COC(=O)C1C(=O)CC2CCC1N2Cc1ccccc1.COC(=O)C1C(c2ccc([123I])cc2)CC2CCC1N2C.COC(=O)C1C(c2ccc([123I])cc2)CC2CCC1N2CCCF. The van der Waals surface area contributed by atoms with Crippen molar-refractivity contribution in [3.05, 3.63) is 114 Å². The Labute approximate surface area is 558 Å². The lowest BCUT2D eigenvalue weighted by molar-refractivity contribution is -0.156. The maximum atomic E-state index is 12.6. The van der Waals surface area contributed by atoms with Crippen LogP contribution in [0, 0.1) is 30.8 Å². The van der Waals surface area contributed by atoms with Gasteiger partial charge >= 0.3 is 29.8 Å². The summed E-state index contributed by atoms with van der Waals surface area (Å²) in [4.78, 5) is 94.8. The monoisotopic (exact) mass is 1460 g/mol. The molecule has 16 unspecified atom stereocenters.